The largest absolute Gasteiger partial charge is 0.328 e. The Morgan fingerprint density at radius 2 is 1.76 bits per heavy atom. The van der Waals surface area contributed by atoms with Gasteiger partial charge in [0, 0.05) is 6.04 Å². The number of hydrogen-bond donors (Lipinski definition) is 1. The second kappa shape index (κ2) is 5.65. The van der Waals surface area contributed by atoms with Gasteiger partial charge in [0.1, 0.15) is 0 Å². The van der Waals surface area contributed by atoms with E-state index in [1.807, 2.05) is 39.0 Å². The van der Waals surface area contributed by atoms with Crippen molar-refractivity contribution in [1.29, 1.82) is 0 Å². The third kappa shape index (κ3) is 4.48. The monoisotopic (exact) mass is 255 g/mol. The van der Waals surface area contributed by atoms with Crippen molar-refractivity contribution in [2.45, 2.75) is 39.0 Å². The van der Waals surface area contributed by atoms with E-state index in [1.165, 1.54) is 0 Å². The lowest BCUT2D eigenvalue weighted by Gasteiger charge is -2.11. The summed E-state index contributed by atoms with van der Waals surface area (Å²) in [5, 5.41) is 0. The molecule has 96 valence electrons. The zero-order chi connectivity index (χ0) is 13.1. The van der Waals surface area contributed by atoms with Crippen LogP contribution in [0.15, 0.2) is 18.2 Å². The van der Waals surface area contributed by atoms with E-state index in [-0.39, 0.29) is 17.5 Å². The molecule has 1 aromatic carbocycles. The third-order valence-electron chi connectivity index (χ3n) is 2.89. The number of aryl methyl sites for hydroxylation is 2. The Morgan fingerprint density at radius 1 is 1.24 bits per heavy atom. The molecule has 0 radical (unpaired) electrons. The maximum atomic E-state index is 12.0. The molecule has 0 aliphatic carbocycles. The molecule has 0 aromatic heterocycles. The number of sulfone groups is 1. The summed E-state index contributed by atoms with van der Waals surface area (Å²) in [6.07, 6.45) is 0.521. The van der Waals surface area contributed by atoms with E-state index in [9.17, 15) is 8.42 Å². The lowest BCUT2D eigenvalue weighted by atomic mass is 10.1. The summed E-state index contributed by atoms with van der Waals surface area (Å²) >= 11 is 0. The van der Waals surface area contributed by atoms with E-state index < -0.39 is 9.84 Å². The molecule has 1 unspecified atom stereocenters. The van der Waals surface area contributed by atoms with E-state index in [4.69, 9.17) is 5.73 Å². The van der Waals surface area contributed by atoms with Gasteiger partial charge in [-0.15, -0.1) is 0 Å². The molecular formula is C13H21NO2S. The molecule has 17 heavy (non-hydrogen) atoms. The molecule has 0 spiro atoms. The lowest BCUT2D eigenvalue weighted by Crippen LogP contribution is -2.21. The van der Waals surface area contributed by atoms with Crippen molar-refractivity contribution in [3.63, 3.8) is 0 Å². The molecule has 0 amide bonds. The van der Waals surface area contributed by atoms with Crippen LogP contribution in [0.4, 0.5) is 0 Å². The van der Waals surface area contributed by atoms with Gasteiger partial charge in [-0.2, -0.15) is 0 Å². The fraction of sp³-hybridized carbons (Fsp3) is 0.538. The van der Waals surface area contributed by atoms with Crippen LogP contribution >= 0.6 is 0 Å². The minimum atomic E-state index is -3.05. The van der Waals surface area contributed by atoms with Crippen molar-refractivity contribution in [1.82, 2.24) is 0 Å². The summed E-state index contributed by atoms with van der Waals surface area (Å²) < 4.78 is 23.9. The van der Waals surface area contributed by atoms with E-state index in [0.29, 0.717) is 6.42 Å². The summed E-state index contributed by atoms with van der Waals surface area (Å²) in [6, 6.07) is 5.78. The molecule has 1 aromatic rings. The number of nitrogens with two attached hydrogens (primary N) is 1. The molecule has 3 nitrogen and oxygen atoms in total. The van der Waals surface area contributed by atoms with Crippen LogP contribution in [0.5, 0.6) is 0 Å². The molecular weight excluding hydrogens is 234 g/mol. The van der Waals surface area contributed by atoms with Gasteiger partial charge >= 0.3 is 0 Å². The highest BCUT2D eigenvalue weighted by Crippen LogP contribution is 2.17. The van der Waals surface area contributed by atoms with Crippen LogP contribution in [-0.4, -0.2) is 20.2 Å². The number of benzene rings is 1. The van der Waals surface area contributed by atoms with Crippen molar-refractivity contribution < 1.29 is 8.42 Å². The second-order valence-corrected chi connectivity index (χ2v) is 6.91. The van der Waals surface area contributed by atoms with Crippen LogP contribution < -0.4 is 5.73 Å². The van der Waals surface area contributed by atoms with Gasteiger partial charge in [-0.1, -0.05) is 18.2 Å². The second-order valence-electron chi connectivity index (χ2n) is 4.73. The number of hydrogen-bond acceptors (Lipinski definition) is 3. The normalized spacial score (nSPS) is 13.6. The smallest absolute Gasteiger partial charge is 0.154 e. The van der Waals surface area contributed by atoms with Gasteiger partial charge in [-0.05, 0) is 43.9 Å². The van der Waals surface area contributed by atoms with Gasteiger partial charge in [0.25, 0.3) is 0 Å². The van der Waals surface area contributed by atoms with Gasteiger partial charge < -0.3 is 5.73 Å². The van der Waals surface area contributed by atoms with Crippen molar-refractivity contribution in [3.05, 3.63) is 34.9 Å². The van der Waals surface area contributed by atoms with Crippen LogP contribution in [0.2, 0.25) is 0 Å². The van der Waals surface area contributed by atoms with Gasteiger partial charge in [0.2, 0.25) is 0 Å². The molecule has 4 heteroatoms. The Hall–Kier alpha value is -0.870. The van der Waals surface area contributed by atoms with Crippen LogP contribution in [0, 0.1) is 13.8 Å². The van der Waals surface area contributed by atoms with E-state index >= 15 is 0 Å². The molecule has 0 bridgehead atoms. The minimum Gasteiger partial charge on any atom is -0.328 e. The first-order valence-corrected chi connectivity index (χ1v) is 7.65. The van der Waals surface area contributed by atoms with Crippen LogP contribution in [0.1, 0.15) is 30.0 Å². The Bertz CT molecular complexity index is 458. The molecule has 0 aliphatic rings. The Morgan fingerprint density at radius 3 is 2.24 bits per heavy atom. The maximum absolute atomic E-state index is 12.0. The molecule has 0 saturated carbocycles. The highest BCUT2D eigenvalue weighted by Gasteiger charge is 2.15. The first-order chi connectivity index (χ1) is 7.82. The first-order valence-electron chi connectivity index (χ1n) is 5.83. The molecule has 2 N–H and O–H groups in total. The van der Waals surface area contributed by atoms with Crippen LogP contribution in [0.3, 0.4) is 0 Å². The van der Waals surface area contributed by atoms with Gasteiger partial charge in [-0.3, -0.25) is 0 Å². The fourth-order valence-corrected chi connectivity index (χ4v) is 3.50. The molecule has 1 atom stereocenters. The Labute approximate surface area is 104 Å². The highest BCUT2D eigenvalue weighted by atomic mass is 32.2. The van der Waals surface area contributed by atoms with Gasteiger partial charge in [0.15, 0.2) is 9.84 Å². The van der Waals surface area contributed by atoms with Crippen LogP contribution in [0.25, 0.3) is 0 Å². The van der Waals surface area contributed by atoms with Gasteiger partial charge in [0.05, 0.1) is 11.5 Å². The third-order valence-corrected chi connectivity index (χ3v) is 4.48. The average molecular weight is 255 g/mol. The van der Waals surface area contributed by atoms with Crippen molar-refractivity contribution >= 4 is 9.84 Å². The van der Waals surface area contributed by atoms with Crippen molar-refractivity contribution in [2.24, 2.45) is 5.73 Å². The summed E-state index contributed by atoms with van der Waals surface area (Å²) in [5.41, 5.74) is 8.59. The van der Waals surface area contributed by atoms with Crippen molar-refractivity contribution in [3.8, 4) is 0 Å². The van der Waals surface area contributed by atoms with Crippen molar-refractivity contribution in [2.75, 3.05) is 5.75 Å². The Balaban J connectivity index is 2.83. The summed E-state index contributed by atoms with van der Waals surface area (Å²) in [7, 11) is -3.05. The maximum Gasteiger partial charge on any atom is 0.154 e. The first kappa shape index (κ1) is 14.2. The fourth-order valence-electron chi connectivity index (χ4n) is 1.73. The standard InChI is InChI=1S/C13H21NO2S/c1-10-5-4-6-11(2)13(10)9-17(15,16)8-7-12(3)14/h4-6,12H,7-9,14H2,1-3H3. The molecule has 0 saturated heterocycles. The predicted molar refractivity (Wildman–Crippen MR) is 71.7 cm³/mol. The summed E-state index contributed by atoms with van der Waals surface area (Å²) in [4.78, 5) is 0. The van der Waals surface area contributed by atoms with E-state index in [1.54, 1.807) is 0 Å². The topological polar surface area (TPSA) is 60.2 Å². The zero-order valence-corrected chi connectivity index (χ0v) is 11.5. The lowest BCUT2D eigenvalue weighted by molar-refractivity contribution is 0.586. The highest BCUT2D eigenvalue weighted by molar-refractivity contribution is 7.90. The average Bonchev–Trinajstić information content (AvgIpc) is 2.21. The molecule has 1 rings (SSSR count). The minimum absolute atomic E-state index is 0.0669. The van der Waals surface area contributed by atoms with E-state index in [2.05, 4.69) is 0 Å². The number of rotatable bonds is 5. The quantitative estimate of drug-likeness (QED) is 0.875. The molecule has 0 heterocycles. The van der Waals surface area contributed by atoms with Crippen LogP contribution in [-0.2, 0) is 15.6 Å². The van der Waals surface area contributed by atoms with E-state index in [0.717, 1.165) is 16.7 Å². The Kier molecular flexibility index (Phi) is 4.71. The molecule has 0 aliphatic heterocycles. The summed E-state index contributed by atoms with van der Waals surface area (Å²) in [5.74, 6) is 0.288. The SMILES string of the molecule is Cc1cccc(C)c1CS(=O)(=O)CCC(C)N. The molecule has 0 fully saturated rings. The van der Waals surface area contributed by atoms with Gasteiger partial charge in [-0.25, -0.2) is 8.42 Å². The predicted octanol–water partition coefficient (Wildman–Crippen LogP) is 1.96. The summed E-state index contributed by atoms with van der Waals surface area (Å²) in [6.45, 7) is 5.72. The zero-order valence-electron chi connectivity index (χ0n) is 10.7.